The summed E-state index contributed by atoms with van der Waals surface area (Å²) in [6, 6.07) is 9.58. The van der Waals surface area contributed by atoms with Crippen molar-refractivity contribution in [1.29, 1.82) is 0 Å². The molecule has 0 unspecified atom stereocenters. The molecule has 0 radical (unpaired) electrons. The van der Waals surface area contributed by atoms with E-state index in [9.17, 15) is 14.0 Å². The van der Waals surface area contributed by atoms with Crippen LogP contribution in [0.2, 0.25) is 5.02 Å². The molecule has 1 N–H and O–H groups in total. The molecular formula is C17H15ClFNO4. The topological polar surface area (TPSA) is 64.6 Å². The van der Waals surface area contributed by atoms with Crippen molar-refractivity contribution >= 4 is 29.2 Å². The predicted octanol–water partition coefficient (Wildman–Crippen LogP) is 3.67. The number of halogens is 2. The molecule has 1 amide bonds. The van der Waals surface area contributed by atoms with Crippen molar-refractivity contribution in [1.82, 2.24) is 0 Å². The molecule has 0 saturated heterocycles. The molecule has 0 fully saturated rings. The van der Waals surface area contributed by atoms with Gasteiger partial charge in [0, 0.05) is 5.02 Å². The number of hydrogen-bond donors (Lipinski definition) is 1. The Bertz CT molecular complexity index is 749. The van der Waals surface area contributed by atoms with Crippen molar-refractivity contribution in [2.45, 2.75) is 13.0 Å². The first kappa shape index (κ1) is 17.7. The quantitative estimate of drug-likeness (QED) is 0.835. The van der Waals surface area contributed by atoms with Crippen molar-refractivity contribution in [2.75, 3.05) is 12.4 Å². The minimum absolute atomic E-state index is 0.149. The third kappa shape index (κ3) is 4.45. The molecule has 2 rings (SSSR count). The van der Waals surface area contributed by atoms with Gasteiger partial charge in [0.25, 0.3) is 5.91 Å². The van der Waals surface area contributed by atoms with Gasteiger partial charge in [0.15, 0.2) is 6.10 Å². The van der Waals surface area contributed by atoms with Gasteiger partial charge in [-0.05, 0) is 49.4 Å². The number of carbonyl (C=O) groups excluding carboxylic acids is 2. The van der Waals surface area contributed by atoms with Crippen LogP contribution < -0.4 is 10.1 Å². The number of esters is 1. The lowest BCUT2D eigenvalue weighted by Gasteiger charge is -2.15. The Morgan fingerprint density at radius 3 is 2.46 bits per heavy atom. The number of anilines is 1. The van der Waals surface area contributed by atoms with Crippen molar-refractivity contribution in [3.63, 3.8) is 0 Å². The Morgan fingerprint density at radius 1 is 1.17 bits per heavy atom. The van der Waals surface area contributed by atoms with Crippen LogP contribution in [0, 0.1) is 5.82 Å². The van der Waals surface area contributed by atoms with Gasteiger partial charge < -0.3 is 14.8 Å². The first-order valence-corrected chi connectivity index (χ1v) is 7.39. The fourth-order valence-corrected chi connectivity index (χ4v) is 2.05. The number of hydrogen-bond acceptors (Lipinski definition) is 4. The highest BCUT2D eigenvalue weighted by Gasteiger charge is 2.20. The van der Waals surface area contributed by atoms with Crippen molar-refractivity contribution in [2.24, 2.45) is 0 Å². The Morgan fingerprint density at radius 2 is 1.83 bits per heavy atom. The summed E-state index contributed by atoms with van der Waals surface area (Å²) in [5.74, 6) is -1.32. The summed E-state index contributed by atoms with van der Waals surface area (Å²) in [6.45, 7) is 1.42. The zero-order valence-corrected chi connectivity index (χ0v) is 13.8. The molecule has 2 aromatic carbocycles. The monoisotopic (exact) mass is 351 g/mol. The van der Waals surface area contributed by atoms with E-state index in [1.54, 1.807) is 12.1 Å². The second kappa shape index (κ2) is 7.79. The third-order valence-corrected chi connectivity index (χ3v) is 3.39. The maximum Gasteiger partial charge on any atom is 0.338 e. The van der Waals surface area contributed by atoms with Crippen molar-refractivity contribution in [3.05, 3.63) is 58.9 Å². The van der Waals surface area contributed by atoms with Gasteiger partial charge in [-0.3, -0.25) is 4.79 Å². The van der Waals surface area contributed by atoms with E-state index in [4.69, 9.17) is 21.1 Å². The third-order valence-electron chi connectivity index (χ3n) is 3.15. The average Bonchev–Trinajstić information content (AvgIpc) is 2.55. The molecule has 126 valence electrons. The fourth-order valence-electron chi connectivity index (χ4n) is 1.88. The minimum Gasteiger partial charge on any atom is -0.495 e. The maximum atomic E-state index is 12.8. The molecule has 5 nitrogen and oxygen atoms in total. The number of carbonyl (C=O) groups is 2. The maximum absolute atomic E-state index is 12.8. The largest absolute Gasteiger partial charge is 0.495 e. The number of nitrogens with one attached hydrogen (secondary N) is 1. The lowest BCUT2D eigenvalue weighted by molar-refractivity contribution is -0.123. The predicted molar refractivity (Wildman–Crippen MR) is 87.9 cm³/mol. The van der Waals surface area contributed by atoms with Gasteiger partial charge in [-0.25, -0.2) is 9.18 Å². The molecule has 0 aliphatic heterocycles. The molecule has 7 heteroatoms. The molecule has 0 saturated carbocycles. The number of methoxy groups -OCH3 is 1. The Kier molecular flexibility index (Phi) is 5.76. The van der Waals surface area contributed by atoms with Gasteiger partial charge >= 0.3 is 5.97 Å². The molecular weight excluding hydrogens is 337 g/mol. The molecule has 2 aromatic rings. The van der Waals surface area contributed by atoms with Gasteiger partial charge in [-0.15, -0.1) is 0 Å². The summed E-state index contributed by atoms with van der Waals surface area (Å²) in [5.41, 5.74) is 0.510. The van der Waals surface area contributed by atoms with Gasteiger partial charge in [-0.1, -0.05) is 11.6 Å². The van der Waals surface area contributed by atoms with Crippen LogP contribution in [-0.4, -0.2) is 25.1 Å². The lowest BCUT2D eigenvalue weighted by atomic mass is 10.2. The fraction of sp³-hybridized carbons (Fsp3) is 0.176. The Balaban J connectivity index is 2.03. The van der Waals surface area contributed by atoms with Gasteiger partial charge in [0.1, 0.15) is 11.6 Å². The number of ether oxygens (including phenoxy) is 2. The first-order chi connectivity index (χ1) is 11.4. The highest BCUT2D eigenvalue weighted by molar-refractivity contribution is 6.31. The summed E-state index contributed by atoms with van der Waals surface area (Å²) in [4.78, 5) is 24.1. The number of benzene rings is 2. The van der Waals surface area contributed by atoms with Crippen LogP contribution in [0.3, 0.4) is 0 Å². The van der Waals surface area contributed by atoms with E-state index in [-0.39, 0.29) is 5.56 Å². The van der Waals surface area contributed by atoms with Gasteiger partial charge in [0.05, 0.1) is 18.4 Å². The van der Waals surface area contributed by atoms with Gasteiger partial charge in [0.2, 0.25) is 0 Å². The van der Waals surface area contributed by atoms with Crippen LogP contribution in [-0.2, 0) is 9.53 Å². The minimum atomic E-state index is -1.06. The average molecular weight is 352 g/mol. The normalized spacial score (nSPS) is 11.5. The summed E-state index contributed by atoms with van der Waals surface area (Å²) < 4.78 is 23.0. The number of amides is 1. The van der Waals surface area contributed by atoms with E-state index in [0.717, 1.165) is 12.1 Å². The van der Waals surface area contributed by atoms with Crippen LogP contribution >= 0.6 is 11.6 Å². The summed E-state index contributed by atoms with van der Waals surface area (Å²) in [6.07, 6.45) is -1.06. The van der Waals surface area contributed by atoms with Crippen LogP contribution in [0.4, 0.5) is 10.1 Å². The molecule has 0 aliphatic carbocycles. The van der Waals surface area contributed by atoms with E-state index in [0.29, 0.717) is 16.5 Å². The molecule has 0 aliphatic rings. The molecule has 0 aromatic heterocycles. The molecule has 0 spiro atoms. The molecule has 0 heterocycles. The highest BCUT2D eigenvalue weighted by atomic mass is 35.5. The lowest BCUT2D eigenvalue weighted by Crippen LogP contribution is -2.30. The van der Waals surface area contributed by atoms with E-state index in [2.05, 4.69) is 5.32 Å². The van der Waals surface area contributed by atoms with E-state index in [1.165, 1.54) is 32.2 Å². The van der Waals surface area contributed by atoms with Crippen LogP contribution in [0.5, 0.6) is 5.75 Å². The van der Waals surface area contributed by atoms with Crippen molar-refractivity contribution in [3.8, 4) is 5.75 Å². The first-order valence-electron chi connectivity index (χ1n) is 7.01. The summed E-state index contributed by atoms with van der Waals surface area (Å²) >= 11 is 5.89. The zero-order chi connectivity index (χ0) is 17.7. The number of rotatable bonds is 5. The SMILES string of the molecule is COc1ccc(Cl)cc1NC(=O)[C@H](C)OC(=O)c1ccc(F)cc1. The molecule has 24 heavy (non-hydrogen) atoms. The van der Waals surface area contributed by atoms with E-state index >= 15 is 0 Å². The second-order valence-corrected chi connectivity index (χ2v) is 5.32. The Hall–Kier alpha value is -2.60. The van der Waals surface area contributed by atoms with Crippen molar-refractivity contribution < 1.29 is 23.5 Å². The Labute approximate surface area is 143 Å². The van der Waals surface area contributed by atoms with E-state index < -0.39 is 23.8 Å². The standard InChI is InChI=1S/C17H15ClFNO4/c1-10(24-17(22)11-3-6-13(19)7-4-11)16(21)20-14-9-12(18)5-8-15(14)23-2/h3-10H,1-2H3,(H,20,21)/t10-/m0/s1. The summed E-state index contributed by atoms with van der Waals surface area (Å²) in [7, 11) is 1.46. The van der Waals surface area contributed by atoms with Gasteiger partial charge in [-0.2, -0.15) is 0 Å². The second-order valence-electron chi connectivity index (χ2n) is 4.89. The van der Waals surface area contributed by atoms with Crippen LogP contribution in [0.1, 0.15) is 17.3 Å². The molecule has 1 atom stereocenters. The van der Waals surface area contributed by atoms with E-state index in [1.807, 2.05) is 0 Å². The van der Waals surface area contributed by atoms with Crippen LogP contribution in [0.15, 0.2) is 42.5 Å². The summed E-state index contributed by atoms with van der Waals surface area (Å²) in [5, 5.41) is 3.00. The zero-order valence-electron chi connectivity index (χ0n) is 13.0. The van der Waals surface area contributed by atoms with Crippen LogP contribution in [0.25, 0.3) is 0 Å². The smallest absolute Gasteiger partial charge is 0.338 e. The molecule has 0 bridgehead atoms. The highest BCUT2D eigenvalue weighted by Crippen LogP contribution is 2.27.